The molecule has 0 saturated heterocycles. The maximum absolute atomic E-state index is 15.8. The van der Waals surface area contributed by atoms with Crippen LogP contribution in [0.25, 0.3) is 39.2 Å². The van der Waals surface area contributed by atoms with Crippen LogP contribution in [0.4, 0.5) is 8.78 Å². The highest BCUT2D eigenvalue weighted by atomic mass is 19.1. The van der Waals surface area contributed by atoms with E-state index in [4.69, 9.17) is 0 Å². The summed E-state index contributed by atoms with van der Waals surface area (Å²) in [4.78, 5) is 27.4. The van der Waals surface area contributed by atoms with Crippen molar-refractivity contribution in [3.05, 3.63) is 99.2 Å². The number of hydrogen-bond donors (Lipinski definition) is 1. The molecule has 0 aliphatic heterocycles. The van der Waals surface area contributed by atoms with Crippen LogP contribution in [-0.2, 0) is 6.42 Å². The minimum absolute atomic E-state index is 0.0552. The number of phenolic OH excluding ortho intramolecular Hbond substituents is 1. The van der Waals surface area contributed by atoms with Gasteiger partial charge >= 0.3 is 5.69 Å². The smallest absolute Gasteiger partial charge is 0.354 e. The predicted molar refractivity (Wildman–Crippen MR) is 153 cm³/mol. The van der Waals surface area contributed by atoms with Gasteiger partial charge in [0.1, 0.15) is 17.3 Å². The van der Waals surface area contributed by atoms with E-state index >= 15 is 4.39 Å². The Labute approximate surface area is 231 Å². The summed E-state index contributed by atoms with van der Waals surface area (Å²) in [5, 5.41) is 10.7. The lowest BCUT2D eigenvalue weighted by atomic mass is 9.98. The Hall–Kier alpha value is -4.46. The average molecular weight is 541 g/mol. The largest absolute Gasteiger partial charge is 0.507 e. The van der Waals surface area contributed by atoms with Gasteiger partial charge < -0.3 is 5.11 Å². The Morgan fingerprint density at radius 2 is 1.73 bits per heavy atom. The molecule has 5 aromatic rings. The summed E-state index contributed by atoms with van der Waals surface area (Å²) in [5.41, 5.74) is 3.53. The van der Waals surface area contributed by atoms with E-state index in [0.717, 1.165) is 35.6 Å². The van der Waals surface area contributed by atoms with Crippen LogP contribution in [0.2, 0.25) is 0 Å². The third kappa shape index (κ3) is 4.63. The zero-order chi connectivity index (χ0) is 28.7. The first-order chi connectivity index (χ1) is 19.1. The molecule has 8 heteroatoms. The van der Waals surface area contributed by atoms with E-state index in [1.165, 1.54) is 22.8 Å². The van der Waals surface area contributed by atoms with Crippen molar-refractivity contribution in [2.45, 2.75) is 53.4 Å². The summed E-state index contributed by atoms with van der Waals surface area (Å²) < 4.78 is 32.0. The van der Waals surface area contributed by atoms with Crippen molar-refractivity contribution < 1.29 is 13.9 Å². The fraction of sp³-hybridized carbons (Fsp3) is 0.250. The van der Waals surface area contributed by atoms with Crippen molar-refractivity contribution in [1.82, 2.24) is 19.5 Å². The van der Waals surface area contributed by atoms with Gasteiger partial charge in [-0.2, -0.15) is 4.98 Å². The number of phenols is 1. The number of halogens is 2. The fourth-order valence-electron chi connectivity index (χ4n) is 5.17. The predicted octanol–water partition coefficient (Wildman–Crippen LogP) is 7.19. The molecule has 0 spiro atoms. The molecule has 0 bridgehead atoms. The first-order valence-corrected chi connectivity index (χ1v) is 13.3. The molecule has 0 atom stereocenters. The first kappa shape index (κ1) is 27.1. The Morgan fingerprint density at radius 1 is 0.950 bits per heavy atom. The third-order valence-electron chi connectivity index (χ3n) is 7.06. The van der Waals surface area contributed by atoms with Gasteiger partial charge in [0.15, 0.2) is 11.5 Å². The van der Waals surface area contributed by atoms with Crippen LogP contribution in [0.15, 0.2) is 59.5 Å². The lowest BCUT2D eigenvalue weighted by Crippen LogP contribution is -2.26. The Balaban J connectivity index is 1.94. The Kier molecular flexibility index (Phi) is 7.19. The molecule has 0 fully saturated rings. The van der Waals surface area contributed by atoms with Crippen LogP contribution in [-0.4, -0.2) is 24.6 Å². The van der Waals surface area contributed by atoms with Crippen LogP contribution in [0.3, 0.4) is 0 Å². The van der Waals surface area contributed by atoms with Crippen molar-refractivity contribution in [3.8, 4) is 34.0 Å². The molecule has 0 radical (unpaired) electrons. The summed E-state index contributed by atoms with van der Waals surface area (Å²) in [6, 6.07) is 12.6. The lowest BCUT2D eigenvalue weighted by molar-refractivity contribution is 0.470. The molecule has 2 aromatic carbocycles. The average Bonchev–Trinajstić information content (AvgIpc) is 2.89. The van der Waals surface area contributed by atoms with Gasteiger partial charge in [0.05, 0.1) is 22.6 Å². The van der Waals surface area contributed by atoms with Gasteiger partial charge in [-0.1, -0.05) is 51.5 Å². The first-order valence-electron chi connectivity index (χ1n) is 13.3. The zero-order valence-corrected chi connectivity index (χ0v) is 23.1. The molecule has 204 valence electrons. The summed E-state index contributed by atoms with van der Waals surface area (Å²) in [6.07, 6.45) is 3.56. The van der Waals surface area contributed by atoms with Crippen LogP contribution in [0.5, 0.6) is 5.75 Å². The number of rotatable bonds is 6. The number of nitrogens with zero attached hydrogens (tertiary/aromatic N) is 4. The van der Waals surface area contributed by atoms with E-state index in [0.29, 0.717) is 16.9 Å². The van der Waals surface area contributed by atoms with E-state index in [2.05, 4.69) is 21.9 Å². The van der Waals surface area contributed by atoms with Gasteiger partial charge in [0.25, 0.3) is 0 Å². The summed E-state index contributed by atoms with van der Waals surface area (Å²) in [7, 11) is 0. The number of aromatic hydroxyl groups is 1. The Morgan fingerprint density at radius 3 is 2.40 bits per heavy atom. The third-order valence-corrected chi connectivity index (χ3v) is 7.06. The number of aryl methyl sites for hydroxylation is 3. The molecule has 6 nitrogen and oxygen atoms in total. The van der Waals surface area contributed by atoms with Gasteiger partial charge in [0, 0.05) is 17.1 Å². The van der Waals surface area contributed by atoms with Gasteiger partial charge in [-0.3, -0.25) is 4.98 Å². The standard InChI is InChI=1S/C32H30F2N4O2/c1-6-8-20-11-12-21(19(5)15-20)28-22-16-24(34)29(26-23(33)9-7-10-25(26)39)36-31(22)38(32(40)37-28)30-18(4)13-14-35-27(30)17(2)3/h7,9-17,39H,6,8H2,1-5H3. The van der Waals surface area contributed by atoms with Crippen LogP contribution >= 0.6 is 0 Å². The van der Waals surface area contributed by atoms with E-state index < -0.39 is 28.8 Å². The molecule has 0 aliphatic carbocycles. The van der Waals surface area contributed by atoms with Gasteiger partial charge in [0.2, 0.25) is 0 Å². The molecule has 0 aliphatic rings. The van der Waals surface area contributed by atoms with Gasteiger partial charge in [-0.25, -0.2) is 23.1 Å². The van der Waals surface area contributed by atoms with E-state index in [9.17, 15) is 14.3 Å². The van der Waals surface area contributed by atoms with E-state index in [-0.39, 0.29) is 28.2 Å². The van der Waals surface area contributed by atoms with Gasteiger partial charge in [-0.15, -0.1) is 0 Å². The Bertz CT molecular complexity index is 1810. The molecular weight excluding hydrogens is 510 g/mol. The molecule has 0 saturated carbocycles. The van der Waals surface area contributed by atoms with E-state index in [1.54, 1.807) is 12.3 Å². The fourth-order valence-corrected chi connectivity index (χ4v) is 5.17. The SMILES string of the molecule is CCCc1ccc(-c2nc(=O)n(-c3c(C)ccnc3C(C)C)c3nc(-c4c(O)cccc4F)c(F)cc23)c(C)c1. The molecule has 40 heavy (non-hydrogen) atoms. The molecule has 0 unspecified atom stereocenters. The van der Waals surface area contributed by atoms with Crippen LogP contribution < -0.4 is 5.69 Å². The number of benzene rings is 2. The number of fused-ring (bicyclic) bond motifs is 1. The van der Waals surface area contributed by atoms with Crippen molar-refractivity contribution in [2.24, 2.45) is 0 Å². The second kappa shape index (κ2) is 10.6. The lowest BCUT2D eigenvalue weighted by Gasteiger charge is -2.19. The zero-order valence-electron chi connectivity index (χ0n) is 23.1. The van der Waals surface area contributed by atoms with Gasteiger partial charge in [-0.05, 0) is 67.1 Å². The van der Waals surface area contributed by atoms with Crippen LogP contribution in [0.1, 0.15) is 55.5 Å². The van der Waals surface area contributed by atoms with Crippen molar-refractivity contribution in [2.75, 3.05) is 0 Å². The quantitative estimate of drug-likeness (QED) is 0.247. The maximum atomic E-state index is 15.8. The minimum atomic E-state index is -0.853. The molecule has 0 amide bonds. The maximum Gasteiger partial charge on any atom is 0.354 e. The highest BCUT2D eigenvalue weighted by molar-refractivity contribution is 5.93. The topological polar surface area (TPSA) is 80.9 Å². The molecule has 3 heterocycles. The second-order valence-electron chi connectivity index (χ2n) is 10.3. The number of aromatic nitrogens is 4. The number of pyridine rings is 2. The molecule has 5 rings (SSSR count). The normalized spacial score (nSPS) is 11.5. The summed E-state index contributed by atoms with van der Waals surface area (Å²) >= 11 is 0. The summed E-state index contributed by atoms with van der Waals surface area (Å²) in [5.74, 6) is -2.21. The number of hydrogen-bond acceptors (Lipinski definition) is 5. The van der Waals surface area contributed by atoms with Crippen molar-refractivity contribution >= 4 is 11.0 Å². The summed E-state index contributed by atoms with van der Waals surface area (Å²) in [6.45, 7) is 9.78. The van der Waals surface area contributed by atoms with Crippen molar-refractivity contribution in [1.29, 1.82) is 0 Å². The molecular formula is C32H30F2N4O2. The highest BCUT2D eigenvalue weighted by Crippen LogP contribution is 2.37. The van der Waals surface area contributed by atoms with Crippen molar-refractivity contribution in [3.63, 3.8) is 0 Å². The highest BCUT2D eigenvalue weighted by Gasteiger charge is 2.25. The molecule has 3 aromatic heterocycles. The second-order valence-corrected chi connectivity index (χ2v) is 10.3. The minimum Gasteiger partial charge on any atom is -0.507 e. The van der Waals surface area contributed by atoms with E-state index in [1.807, 2.05) is 45.9 Å². The molecule has 1 N–H and O–H groups in total. The van der Waals surface area contributed by atoms with Crippen LogP contribution in [0, 0.1) is 25.5 Å². The monoisotopic (exact) mass is 540 g/mol.